The zero-order chi connectivity index (χ0) is 13.1. The number of hydrogen-bond acceptors (Lipinski definition) is 3. The number of piperidine rings is 1. The lowest BCUT2D eigenvalue weighted by Gasteiger charge is -2.42. The fourth-order valence-corrected chi connectivity index (χ4v) is 2.66. The summed E-state index contributed by atoms with van der Waals surface area (Å²) in [6.45, 7) is 11.0. The van der Waals surface area contributed by atoms with Gasteiger partial charge in [-0.1, -0.05) is 13.8 Å². The van der Waals surface area contributed by atoms with Crippen molar-refractivity contribution in [3.8, 4) is 0 Å². The number of amides is 1. The van der Waals surface area contributed by atoms with Gasteiger partial charge >= 0.3 is 0 Å². The molecular weight excluding hydrogens is 214 g/mol. The van der Waals surface area contributed by atoms with Crippen LogP contribution in [0.5, 0.6) is 0 Å². The Hall–Kier alpha value is -0.610. The molecule has 0 spiro atoms. The summed E-state index contributed by atoms with van der Waals surface area (Å²) < 4.78 is 0. The third kappa shape index (κ3) is 3.42. The van der Waals surface area contributed by atoms with Gasteiger partial charge in [0.25, 0.3) is 0 Å². The minimum Gasteiger partial charge on any atom is -0.368 e. The molecule has 1 aliphatic heterocycles. The van der Waals surface area contributed by atoms with Gasteiger partial charge in [-0.2, -0.15) is 0 Å². The summed E-state index contributed by atoms with van der Waals surface area (Å²) in [6.07, 6.45) is 2.50. The van der Waals surface area contributed by atoms with Crippen LogP contribution in [-0.2, 0) is 4.79 Å². The normalized spacial score (nSPS) is 29.9. The van der Waals surface area contributed by atoms with Crippen LogP contribution < -0.4 is 11.1 Å². The lowest BCUT2D eigenvalue weighted by molar-refractivity contribution is -0.125. The number of rotatable bonds is 5. The number of nitrogens with one attached hydrogen (secondary N) is 1. The van der Waals surface area contributed by atoms with Crippen molar-refractivity contribution in [2.24, 2.45) is 11.7 Å². The Kier molecular flexibility index (Phi) is 4.95. The van der Waals surface area contributed by atoms with Crippen molar-refractivity contribution in [3.05, 3.63) is 0 Å². The second-order valence-corrected chi connectivity index (χ2v) is 5.56. The first-order valence-electron chi connectivity index (χ1n) is 6.69. The molecule has 1 rings (SSSR count). The van der Waals surface area contributed by atoms with Crippen molar-refractivity contribution < 1.29 is 4.79 Å². The van der Waals surface area contributed by atoms with Gasteiger partial charge in [0.05, 0.1) is 0 Å². The third-order valence-electron chi connectivity index (χ3n) is 4.13. The van der Waals surface area contributed by atoms with Crippen molar-refractivity contribution >= 4 is 5.91 Å². The van der Waals surface area contributed by atoms with Gasteiger partial charge in [-0.3, -0.25) is 9.69 Å². The average Bonchev–Trinajstić information content (AvgIpc) is 2.25. The van der Waals surface area contributed by atoms with Crippen LogP contribution in [0, 0.1) is 5.92 Å². The van der Waals surface area contributed by atoms with Crippen LogP contribution in [0.3, 0.4) is 0 Å². The minimum atomic E-state index is -0.611. The lowest BCUT2D eigenvalue weighted by Crippen LogP contribution is -2.61. The van der Waals surface area contributed by atoms with Crippen molar-refractivity contribution in [1.82, 2.24) is 10.2 Å². The van der Waals surface area contributed by atoms with Crippen LogP contribution in [0.15, 0.2) is 0 Å². The molecule has 3 N–H and O–H groups in total. The topological polar surface area (TPSA) is 58.4 Å². The minimum absolute atomic E-state index is 0.259. The van der Waals surface area contributed by atoms with Crippen molar-refractivity contribution in [3.63, 3.8) is 0 Å². The third-order valence-corrected chi connectivity index (χ3v) is 4.13. The zero-order valence-electron chi connectivity index (χ0n) is 11.6. The van der Waals surface area contributed by atoms with Gasteiger partial charge in [-0.15, -0.1) is 0 Å². The molecule has 0 saturated carbocycles. The van der Waals surface area contributed by atoms with Crippen molar-refractivity contribution in [2.45, 2.75) is 52.1 Å². The maximum absolute atomic E-state index is 11.6. The quantitative estimate of drug-likeness (QED) is 0.754. The molecule has 3 atom stereocenters. The van der Waals surface area contributed by atoms with E-state index in [-0.39, 0.29) is 5.91 Å². The molecule has 0 aromatic carbocycles. The van der Waals surface area contributed by atoms with E-state index < -0.39 is 5.54 Å². The summed E-state index contributed by atoms with van der Waals surface area (Å²) in [4.78, 5) is 14.0. The van der Waals surface area contributed by atoms with Gasteiger partial charge in [0.15, 0.2) is 0 Å². The van der Waals surface area contributed by atoms with Crippen LogP contribution in [0.2, 0.25) is 0 Å². The van der Waals surface area contributed by atoms with Crippen LogP contribution in [0.4, 0.5) is 0 Å². The van der Waals surface area contributed by atoms with Gasteiger partial charge in [0.2, 0.25) is 5.91 Å². The molecule has 1 fully saturated rings. The molecule has 1 amide bonds. The first-order valence-corrected chi connectivity index (χ1v) is 6.69. The van der Waals surface area contributed by atoms with Gasteiger partial charge in [-0.05, 0) is 45.7 Å². The average molecular weight is 241 g/mol. The highest BCUT2D eigenvalue weighted by atomic mass is 16.1. The van der Waals surface area contributed by atoms with E-state index in [1.54, 1.807) is 0 Å². The first-order chi connectivity index (χ1) is 7.90. The number of carbonyl (C=O) groups is 1. The van der Waals surface area contributed by atoms with E-state index in [9.17, 15) is 4.79 Å². The highest BCUT2D eigenvalue weighted by Gasteiger charge is 2.35. The summed E-state index contributed by atoms with van der Waals surface area (Å²) in [7, 11) is 0. The van der Waals surface area contributed by atoms with Crippen LogP contribution in [-0.4, -0.2) is 42.0 Å². The number of nitrogens with zero attached hydrogens (tertiary/aromatic N) is 1. The van der Waals surface area contributed by atoms with E-state index in [1.807, 2.05) is 13.8 Å². The molecule has 0 radical (unpaired) electrons. The Bertz CT molecular complexity index is 269. The lowest BCUT2D eigenvalue weighted by atomic mass is 9.89. The predicted octanol–water partition coefficient (Wildman–Crippen LogP) is 0.960. The fraction of sp³-hybridized carbons (Fsp3) is 0.923. The molecule has 1 saturated heterocycles. The maximum atomic E-state index is 11.6. The van der Waals surface area contributed by atoms with E-state index in [2.05, 4.69) is 24.1 Å². The van der Waals surface area contributed by atoms with E-state index in [0.29, 0.717) is 18.5 Å². The molecule has 0 aromatic heterocycles. The molecule has 4 nitrogen and oxygen atoms in total. The Morgan fingerprint density at radius 2 is 2.18 bits per heavy atom. The fourth-order valence-electron chi connectivity index (χ4n) is 2.66. The number of nitrogens with two attached hydrogens (primary N) is 1. The summed E-state index contributed by atoms with van der Waals surface area (Å²) in [6, 6.07) is 0.529. The second-order valence-electron chi connectivity index (χ2n) is 5.56. The van der Waals surface area contributed by atoms with Gasteiger partial charge in [0.1, 0.15) is 5.54 Å². The standard InChI is InChI=1S/C13H27N3O/c1-5-15-13(4,12(14)17)9-16-8-6-7-10(2)11(16)3/h10-11,15H,5-9H2,1-4H3,(H2,14,17). The van der Waals surface area contributed by atoms with Crippen LogP contribution in [0.25, 0.3) is 0 Å². The molecule has 1 aliphatic rings. The molecule has 0 bridgehead atoms. The van der Waals surface area contributed by atoms with Gasteiger partial charge in [-0.25, -0.2) is 0 Å². The van der Waals surface area contributed by atoms with E-state index in [4.69, 9.17) is 5.73 Å². The van der Waals surface area contributed by atoms with Gasteiger partial charge in [0, 0.05) is 12.6 Å². The predicted molar refractivity (Wildman–Crippen MR) is 70.7 cm³/mol. The van der Waals surface area contributed by atoms with E-state index in [0.717, 1.165) is 13.1 Å². The Morgan fingerprint density at radius 1 is 1.53 bits per heavy atom. The number of carbonyl (C=O) groups excluding carboxylic acids is 1. The highest BCUT2D eigenvalue weighted by Crippen LogP contribution is 2.24. The van der Waals surface area contributed by atoms with Crippen LogP contribution in [0.1, 0.15) is 40.5 Å². The Labute approximate surface area is 105 Å². The SMILES string of the molecule is CCNC(C)(CN1CCCC(C)C1C)C(N)=O. The molecule has 3 unspecified atom stereocenters. The van der Waals surface area contributed by atoms with Crippen molar-refractivity contribution in [2.75, 3.05) is 19.6 Å². The smallest absolute Gasteiger partial charge is 0.238 e. The van der Waals surface area contributed by atoms with E-state index >= 15 is 0 Å². The Morgan fingerprint density at radius 3 is 2.71 bits per heavy atom. The molecule has 4 heteroatoms. The number of likely N-dealkylation sites (tertiary alicyclic amines) is 1. The number of primary amides is 1. The second kappa shape index (κ2) is 5.83. The monoisotopic (exact) mass is 241 g/mol. The zero-order valence-corrected chi connectivity index (χ0v) is 11.6. The first kappa shape index (κ1) is 14.5. The molecule has 0 aromatic rings. The Balaban J connectivity index is 2.69. The van der Waals surface area contributed by atoms with Crippen LogP contribution >= 0.6 is 0 Å². The molecule has 0 aliphatic carbocycles. The summed E-state index contributed by atoms with van der Waals surface area (Å²) in [5.74, 6) is 0.437. The number of hydrogen-bond donors (Lipinski definition) is 2. The summed E-state index contributed by atoms with van der Waals surface area (Å²) in [5.41, 5.74) is 4.92. The maximum Gasteiger partial charge on any atom is 0.238 e. The summed E-state index contributed by atoms with van der Waals surface area (Å²) >= 11 is 0. The molecule has 17 heavy (non-hydrogen) atoms. The molecule has 1 heterocycles. The largest absolute Gasteiger partial charge is 0.368 e. The van der Waals surface area contributed by atoms with Gasteiger partial charge < -0.3 is 11.1 Å². The van der Waals surface area contributed by atoms with Crippen molar-refractivity contribution in [1.29, 1.82) is 0 Å². The van der Waals surface area contributed by atoms with E-state index in [1.165, 1.54) is 12.8 Å². The summed E-state index contributed by atoms with van der Waals surface area (Å²) in [5, 5.41) is 3.22. The number of likely N-dealkylation sites (N-methyl/N-ethyl adjacent to an activating group) is 1. The molecule has 100 valence electrons. The highest BCUT2D eigenvalue weighted by molar-refractivity contribution is 5.84. The molecular formula is C13H27N3O.